The number of amides is 2. The maximum absolute atomic E-state index is 13.9. The number of halogens is 1. The zero-order valence-corrected chi connectivity index (χ0v) is 19.1. The fraction of sp³-hybridized carbons (Fsp3) is 0.148. The van der Waals surface area contributed by atoms with Crippen molar-refractivity contribution < 1.29 is 14.4 Å². The van der Waals surface area contributed by atoms with Gasteiger partial charge in [0.1, 0.15) is 6.04 Å². The van der Waals surface area contributed by atoms with E-state index >= 15 is 0 Å². The predicted octanol–water partition coefficient (Wildman–Crippen LogP) is 4.72. The molecular formula is C27H19BrN2O3. The van der Waals surface area contributed by atoms with Crippen LogP contribution in [0.2, 0.25) is 0 Å². The van der Waals surface area contributed by atoms with Gasteiger partial charge in [0, 0.05) is 15.7 Å². The molecule has 0 aromatic heterocycles. The van der Waals surface area contributed by atoms with Crippen molar-refractivity contribution in [1.29, 1.82) is 0 Å². The first-order valence-electron chi connectivity index (χ1n) is 10.8. The third-order valence-corrected chi connectivity index (χ3v) is 7.36. The molecule has 0 spiro atoms. The number of benzene rings is 3. The smallest absolute Gasteiger partial charge is 0.240 e. The van der Waals surface area contributed by atoms with Crippen molar-refractivity contribution in [2.24, 2.45) is 11.8 Å². The summed E-state index contributed by atoms with van der Waals surface area (Å²) in [5.41, 5.74) is 2.92. The predicted molar refractivity (Wildman–Crippen MR) is 130 cm³/mol. The van der Waals surface area contributed by atoms with Gasteiger partial charge in [0.15, 0.2) is 5.78 Å². The molecule has 0 bridgehead atoms. The van der Waals surface area contributed by atoms with E-state index in [2.05, 4.69) is 15.9 Å². The van der Waals surface area contributed by atoms with Crippen LogP contribution < -0.4 is 9.80 Å². The quantitative estimate of drug-likeness (QED) is 0.387. The Morgan fingerprint density at radius 2 is 1.45 bits per heavy atom. The molecule has 3 aromatic carbocycles. The first kappa shape index (κ1) is 20.1. The molecule has 3 aromatic rings. The lowest BCUT2D eigenvalue weighted by molar-refractivity contribution is -0.122. The zero-order chi connectivity index (χ0) is 22.7. The van der Waals surface area contributed by atoms with Crippen molar-refractivity contribution in [3.05, 3.63) is 101 Å². The van der Waals surface area contributed by atoms with Crippen LogP contribution >= 0.6 is 15.9 Å². The average molecular weight is 499 g/mol. The lowest BCUT2D eigenvalue weighted by atomic mass is 9.86. The summed E-state index contributed by atoms with van der Waals surface area (Å²) in [6.45, 7) is 0. The summed E-state index contributed by atoms with van der Waals surface area (Å²) in [7, 11) is 0. The van der Waals surface area contributed by atoms with E-state index in [-0.39, 0.29) is 23.6 Å². The number of carbonyl (C=O) groups is 3. The molecule has 33 heavy (non-hydrogen) atoms. The number of ketones is 1. The highest BCUT2D eigenvalue weighted by atomic mass is 79.9. The summed E-state index contributed by atoms with van der Waals surface area (Å²) >= 11 is 3.41. The maximum Gasteiger partial charge on any atom is 0.240 e. The minimum Gasteiger partial charge on any atom is -0.352 e. The fourth-order valence-corrected chi connectivity index (χ4v) is 5.69. The van der Waals surface area contributed by atoms with Gasteiger partial charge in [-0.3, -0.25) is 14.4 Å². The standard InChI is InChI=1S/C27H19BrN2O3/c28-18-13-10-17(11-14-18)25(31)24-23-22(21-15-12-16-6-4-5-9-20(16)30(21)24)26(32)29(27(23)33)19-7-2-1-3-8-19/h1-15,21-24H/t21-,22+,23+,24-/m0/s1. The Balaban J connectivity index is 1.50. The van der Waals surface area contributed by atoms with Crippen LogP contribution in [-0.2, 0) is 9.59 Å². The van der Waals surface area contributed by atoms with Crippen LogP contribution in [0, 0.1) is 11.8 Å². The van der Waals surface area contributed by atoms with E-state index in [1.807, 2.05) is 59.5 Å². The fourth-order valence-electron chi connectivity index (χ4n) is 5.43. The second-order valence-corrected chi connectivity index (χ2v) is 9.45. The summed E-state index contributed by atoms with van der Waals surface area (Å²) in [4.78, 5) is 44.5. The Labute approximate surface area is 199 Å². The lowest BCUT2D eigenvalue weighted by Gasteiger charge is -2.36. The monoisotopic (exact) mass is 498 g/mol. The number of anilines is 2. The van der Waals surface area contributed by atoms with Crippen molar-refractivity contribution in [2.75, 3.05) is 9.80 Å². The molecule has 0 saturated carbocycles. The summed E-state index contributed by atoms with van der Waals surface area (Å²) in [5.74, 6) is -2.09. The molecule has 3 heterocycles. The number of rotatable bonds is 3. The highest BCUT2D eigenvalue weighted by Crippen LogP contribution is 2.49. The van der Waals surface area contributed by atoms with Gasteiger partial charge in [-0.1, -0.05) is 76.6 Å². The van der Waals surface area contributed by atoms with E-state index in [0.29, 0.717) is 11.3 Å². The summed E-state index contributed by atoms with van der Waals surface area (Å²) in [6.07, 6.45) is 3.96. The summed E-state index contributed by atoms with van der Waals surface area (Å²) in [5, 5.41) is 0. The van der Waals surface area contributed by atoms with E-state index in [1.165, 1.54) is 4.90 Å². The SMILES string of the molecule is O=C(c1ccc(Br)cc1)[C@@H]1[C@@H]2C(=O)N(c3ccccc3)C(=O)[C@@H]2[C@@H]2C=Cc3ccccc3N12. The molecule has 0 unspecified atom stereocenters. The Morgan fingerprint density at radius 3 is 2.21 bits per heavy atom. The molecule has 2 saturated heterocycles. The van der Waals surface area contributed by atoms with Crippen LogP contribution in [0.25, 0.3) is 6.08 Å². The Bertz CT molecular complexity index is 1320. The molecule has 5 nitrogen and oxygen atoms in total. The molecule has 2 fully saturated rings. The molecule has 3 aliphatic rings. The molecule has 0 aliphatic carbocycles. The van der Waals surface area contributed by atoms with Gasteiger partial charge in [0.05, 0.1) is 23.6 Å². The van der Waals surface area contributed by atoms with Gasteiger partial charge in [-0.2, -0.15) is 0 Å². The second kappa shape index (κ2) is 7.52. The van der Waals surface area contributed by atoms with Crippen LogP contribution in [0.3, 0.4) is 0 Å². The highest BCUT2D eigenvalue weighted by Gasteiger charge is 2.64. The lowest BCUT2D eigenvalue weighted by Crippen LogP contribution is -2.48. The molecule has 2 amide bonds. The van der Waals surface area contributed by atoms with E-state index in [4.69, 9.17) is 0 Å². The molecular weight excluding hydrogens is 480 g/mol. The number of para-hydroxylation sites is 2. The largest absolute Gasteiger partial charge is 0.352 e. The van der Waals surface area contributed by atoms with Crippen molar-refractivity contribution in [2.45, 2.75) is 12.1 Å². The number of hydrogen-bond donors (Lipinski definition) is 0. The van der Waals surface area contributed by atoms with Gasteiger partial charge < -0.3 is 4.90 Å². The van der Waals surface area contributed by atoms with Crippen LogP contribution in [0.1, 0.15) is 15.9 Å². The maximum atomic E-state index is 13.9. The van der Waals surface area contributed by atoms with Gasteiger partial charge in [0.2, 0.25) is 11.8 Å². The Hall–Kier alpha value is -3.51. The van der Waals surface area contributed by atoms with Gasteiger partial charge in [-0.25, -0.2) is 4.90 Å². The van der Waals surface area contributed by atoms with E-state index in [0.717, 1.165) is 15.7 Å². The van der Waals surface area contributed by atoms with Gasteiger partial charge in [0.25, 0.3) is 0 Å². The molecule has 4 atom stereocenters. The van der Waals surface area contributed by atoms with Crippen molar-refractivity contribution in [1.82, 2.24) is 0 Å². The molecule has 6 rings (SSSR count). The minimum atomic E-state index is -0.766. The topological polar surface area (TPSA) is 57.7 Å². The summed E-state index contributed by atoms with van der Waals surface area (Å²) < 4.78 is 0.870. The van der Waals surface area contributed by atoms with Gasteiger partial charge in [-0.05, 0) is 35.9 Å². The molecule has 0 N–H and O–H groups in total. The number of Topliss-reactive ketones (excluding diaryl/α,β-unsaturated/α-hetero) is 1. The van der Waals surface area contributed by atoms with Crippen molar-refractivity contribution >= 4 is 51.0 Å². The van der Waals surface area contributed by atoms with Crippen LogP contribution in [-0.4, -0.2) is 29.7 Å². The van der Waals surface area contributed by atoms with Crippen LogP contribution in [0.15, 0.2) is 89.4 Å². The van der Waals surface area contributed by atoms with Crippen molar-refractivity contribution in [3.63, 3.8) is 0 Å². The van der Waals surface area contributed by atoms with Gasteiger partial charge >= 0.3 is 0 Å². The third-order valence-electron chi connectivity index (χ3n) is 6.83. The first-order chi connectivity index (χ1) is 16.1. The highest BCUT2D eigenvalue weighted by molar-refractivity contribution is 9.10. The first-order valence-corrected chi connectivity index (χ1v) is 11.6. The molecule has 162 valence electrons. The third kappa shape index (κ3) is 2.94. The number of hydrogen-bond acceptors (Lipinski definition) is 4. The van der Waals surface area contributed by atoms with Crippen LogP contribution in [0.4, 0.5) is 11.4 Å². The number of fused-ring (bicyclic) bond motifs is 5. The van der Waals surface area contributed by atoms with Crippen molar-refractivity contribution in [3.8, 4) is 0 Å². The zero-order valence-electron chi connectivity index (χ0n) is 17.5. The van der Waals surface area contributed by atoms with E-state index < -0.39 is 17.9 Å². The average Bonchev–Trinajstić information content (AvgIpc) is 3.32. The number of imide groups is 1. The molecule has 6 heteroatoms. The molecule has 0 radical (unpaired) electrons. The van der Waals surface area contributed by atoms with Gasteiger partial charge in [-0.15, -0.1) is 0 Å². The second-order valence-electron chi connectivity index (χ2n) is 8.53. The normalized spacial score (nSPS) is 25.1. The van der Waals surface area contributed by atoms with E-state index in [1.54, 1.807) is 36.4 Å². The number of carbonyl (C=O) groups excluding carboxylic acids is 3. The molecule has 3 aliphatic heterocycles. The van der Waals surface area contributed by atoms with Crippen LogP contribution in [0.5, 0.6) is 0 Å². The summed E-state index contributed by atoms with van der Waals surface area (Å²) in [6, 6.07) is 22.8. The number of nitrogens with zero attached hydrogens (tertiary/aromatic N) is 2. The van der Waals surface area contributed by atoms with E-state index in [9.17, 15) is 14.4 Å². The Morgan fingerprint density at radius 1 is 0.788 bits per heavy atom. The minimum absolute atomic E-state index is 0.152. The Kier molecular flexibility index (Phi) is 4.59.